The third-order valence-corrected chi connectivity index (χ3v) is 2.73. The van der Waals surface area contributed by atoms with Crippen molar-refractivity contribution in [3.8, 4) is 0 Å². The van der Waals surface area contributed by atoms with Gasteiger partial charge in [-0.05, 0) is 0 Å². The van der Waals surface area contributed by atoms with Crippen LogP contribution in [0.5, 0.6) is 0 Å². The maximum atomic E-state index is 12.0. The number of carboxylic acids is 1. The van der Waals surface area contributed by atoms with Crippen LogP contribution in [0, 0.1) is 0 Å². The van der Waals surface area contributed by atoms with Crippen LogP contribution >= 0.6 is 0 Å². The van der Waals surface area contributed by atoms with Gasteiger partial charge in [-0.15, -0.1) is 0 Å². The molecule has 1 aliphatic heterocycles. The maximum absolute atomic E-state index is 12.0. The summed E-state index contributed by atoms with van der Waals surface area (Å²) in [7, 11) is 2.74. The van der Waals surface area contributed by atoms with Gasteiger partial charge < -0.3 is 24.4 Å². The van der Waals surface area contributed by atoms with Crippen molar-refractivity contribution in [3.05, 3.63) is 0 Å². The summed E-state index contributed by atoms with van der Waals surface area (Å²) in [5.41, 5.74) is 0. The SMILES string of the molecule is COC(=O)CN(C)C(=O)N1CCOC(CC(=O)O)C1. The molecule has 1 saturated heterocycles. The minimum absolute atomic E-state index is 0.143. The van der Waals surface area contributed by atoms with E-state index in [1.165, 1.54) is 24.0 Å². The average molecular weight is 274 g/mol. The van der Waals surface area contributed by atoms with Crippen LogP contribution in [-0.4, -0.2) is 79.4 Å². The van der Waals surface area contributed by atoms with Gasteiger partial charge in [-0.2, -0.15) is 0 Å². The fraction of sp³-hybridized carbons (Fsp3) is 0.727. The van der Waals surface area contributed by atoms with Gasteiger partial charge in [-0.3, -0.25) is 9.59 Å². The summed E-state index contributed by atoms with van der Waals surface area (Å²) in [6.45, 7) is 0.725. The summed E-state index contributed by atoms with van der Waals surface area (Å²) >= 11 is 0. The molecule has 1 heterocycles. The van der Waals surface area contributed by atoms with Gasteiger partial charge in [-0.25, -0.2) is 4.79 Å². The number of ether oxygens (including phenoxy) is 2. The summed E-state index contributed by atoms with van der Waals surface area (Å²) in [5.74, 6) is -1.48. The number of carbonyl (C=O) groups is 3. The van der Waals surface area contributed by atoms with Gasteiger partial charge in [0, 0.05) is 20.1 Å². The van der Waals surface area contributed by atoms with Crippen LogP contribution < -0.4 is 0 Å². The highest BCUT2D eigenvalue weighted by Crippen LogP contribution is 2.10. The summed E-state index contributed by atoms with van der Waals surface area (Å²) in [5, 5.41) is 8.70. The van der Waals surface area contributed by atoms with Crippen LogP contribution in [0.1, 0.15) is 6.42 Å². The Balaban J connectivity index is 2.51. The van der Waals surface area contributed by atoms with Crippen molar-refractivity contribution in [3.63, 3.8) is 0 Å². The molecule has 19 heavy (non-hydrogen) atoms. The molecule has 1 aliphatic rings. The lowest BCUT2D eigenvalue weighted by atomic mass is 10.2. The first-order chi connectivity index (χ1) is 8.93. The van der Waals surface area contributed by atoms with E-state index in [4.69, 9.17) is 9.84 Å². The molecule has 108 valence electrons. The normalized spacial score (nSPS) is 18.8. The Kier molecular flexibility index (Phi) is 5.56. The number of methoxy groups -OCH3 is 1. The highest BCUT2D eigenvalue weighted by atomic mass is 16.5. The minimum atomic E-state index is -0.970. The lowest BCUT2D eigenvalue weighted by Gasteiger charge is -2.34. The minimum Gasteiger partial charge on any atom is -0.481 e. The van der Waals surface area contributed by atoms with E-state index in [1.807, 2.05) is 0 Å². The van der Waals surface area contributed by atoms with Gasteiger partial charge in [0.05, 0.1) is 26.2 Å². The third kappa shape index (κ3) is 4.74. The number of hydrogen-bond donors (Lipinski definition) is 1. The molecule has 1 rings (SSSR count). The Morgan fingerprint density at radius 3 is 2.74 bits per heavy atom. The van der Waals surface area contributed by atoms with Gasteiger partial charge in [0.15, 0.2) is 0 Å². The predicted molar refractivity (Wildman–Crippen MR) is 63.6 cm³/mol. The molecule has 8 heteroatoms. The Bertz CT molecular complexity index is 359. The van der Waals surface area contributed by atoms with Crippen molar-refractivity contribution in [2.24, 2.45) is 0 Å². The number of esters is 1. The number of aliphatic carboxylic acids is 1. The first-order valence-corrected chi connectivity index (χ1v) is 5.84. The predicted octanol–water partition coefficient (Wildman–Crippen LogP) is -0.613. The molecule has 0 aliphatic carbocycles. The van der Waals surface area contributed by atoms with Crippen molar-refractivity contribution in [1.82, 2.24) is 9.80 Å². The molecule has 1 N–H and O–H groups in total. The molecule has 0 radical (unpaired) electrons. The van der Waals surface area contributed by atoms with Gasteiger partial charge >= 0.3 is 18.0 Å². The number of likely N-dealkylation sites (N-methyl/N-ethyl adjacent to an activating group) is 1. The average Bonchev–Trinajstić information content (AvgIpc) is 2.37. The molecule has 0 aromatic heterocycles. The van der Waals surface area contributed by atoms with E-state index < -0.39 is 18.0 Å². The number of nitrogens with zero attached hydrogens (tertiary/aromatic N) is 2. The number of carboxylic acid groups (broad SMARTS) is 1. The number of hydrogen-bond acceptors (Lipinski definition) is 5. The topological polar surface area (TPSA) is 96.4 Å². The van der Waals surface area contributed by atoms with E-state index in [0.29, 0.717) is 6.54 Å². The fourth-order valence-electron chi connectivity index (χ4n) is 1.78. The van der Waals surface area contributed by atoms with E-state index in [-0.39, 0.29) is 32.1 Å². The smallest absolute Gasteiger partial charge is 0.325 e. The number of amides is 2. The molecule has 0 aromatic carbocycles. The van der Waals surface area contributed by atoms with Crippen LogP contribution in [0.15, 0.2) is 0 Å². The number of carbonyl (C=O) groups excluding carboxylic acids is 2. The Hall–Kier alpha value is -1.83. The molecular formula is C11H18N2O6. The first kappa shape index (κ1) is 15.2. The van der Waals surface area contributed by atoms with Gasteiger partial charge in [0.2, 0.25) is 0 Å². The molecular weight excluding hydrogens is 256 g/mol. The van der Waals surface area contributed by atoms with E-state index in [9.17, 15) is 14.4 Å². The standard InChI is InChI=1S/C11H18N2O6/c1-12(7-10(16)18-2)11(17)13-3-4-19-8(6-13)5-9(14)15/h8H,3-7H2,1-2H3,(H,14,15). The van der Waals surface area contributed by atoms with Crippen LogP contribution in [0.3, 0.4) is 0 Å². The molecule has 0 spiro atoms. The monoisotopic (exact) mass is 274 g/mol. The number of urea groups is 1. The van der Waals surface area contributed by atoms with Gasteiger partial charge in [-0.1, -0.05) is 0 Å². The molecule has 0 saturated carbocycles. The lowest BCUT2D eigenvalue weighted by Crippen LogP contribution is -2.51. The lowest BCUT2D eigenvalue weighted by molar-refractivity contribution is -0.141. The third-order valence-electron chi connectivity index (χ3n) is 2.73. The maximum Gasteiger partial charge on any atom is 0.325 e. The quantitative estimate of drug-likeness (QED) is 0.687. The van der Waals surface area contributed by atoms with E-state index >= 15 is 0 Å². The van der Waals surface area contributed by atoms with Crippen molar-refractivity contribution in [2.75, 3.05) is 40.4 Å². The number of morpholine rings is 1. The molecule has 2 amide bonds. The van der Waals surface area contributed by atoms with E-state index in [1.54, 1.807) is 0 Å². The largest absolute Gasteiger partial charge is 0.481 e. The summed E-state index contributed by atoms with van der Waals surface area (Å²) in [6, 6.07) is -0.343. The molecule has 0 bridgehead atoms. The second-order valence-electron chi connectivity index (χ2n) is 4.25. The summed E-state index contributed by atoms with van der Waals surface area (Å²) < 4.78 is 9.74. The van der Waals surface area contributed by atoms with Crippen LogP contribution in [0.4, 0.5) is 4.79 Å². The van der Waals surface area contributed by atoms with E-state index in [0.717, 1.165) is 0 Å². The van der Waals surface area contributed by atoms with Crippen molar-refractivity contribution in [1.29, 1.82) is 0 Å². The highest BCUT2D eigenvalue weighted by molar-refractivity contribution is 5.80. The molecule has 1 fully saturated rings. The summed E-state index contributed by atoms with van der Waals surface area (Å²) in [4.78, 5) is 36.4. The van der Waals surface area contributed by atoms with Crippen LogP contribution in [-0.2, 0) is 19.1 Å². The Labute approximate surface area is 110 Å². The summed E-state index contributed by atoms with van der Waals surface area (Å²) in [6.07, 6.45) is -0.661. The second-order valence-corrected chi connectivity index (χ2v) is 4.25. The zero-order valence-corrected chi connectivity index (χ0v) is 11.0. The van der Waals surface area contributed by atoms with Crippen molar-refractivity contribution in [2.45, 2.75) is 12.5 Å². The second kappa shape index (κ2) is 6.93. The van der Waals surface area contributed by atoms with Gasteiger partial charge in [0.1, 0.15) is 6.54 Å². The van der Waals surface area contributed by atoms with Crippen molar-refractivity contribution < 1.29 is 29.0 Å². The van der Waals surface area contributed by atoms with Crippen molar-refractivity contribution >= 4 is 18.0 Å². The zero-order chi connectivity index (χ0) is 14.4. The molecule has 1 unspecified atom stereocenters. The van der Waals surface area contributed by atoms with E-state index in [2.05, 4.69) is 4.74 Å². The number of rotatable bonds is 4. The van der Waals surface area contributed by atoms with Crippen LogP contribution in [0.25, 0.3) is 0 Å². The highest BCUT2D eigenvalue weighted by Gasteiger charge is 2.28. The van der Waals surface area contributed by atoms with Crippen LogP contribution in [0.2, 0.25) is 0 Å². The molecule has 0 aromatic rings. The Morgan fingerprint density at radius 1 is 1.47 bits per heavy atom. The fourth-order valence-corrected chi connectivity index (χ4v) is 1.78. The van der Waals surface area contributed by atoms with Gasteiger partial charge in [0.25, 0.3) is 0 Å². The first-order valence-electron chi connectivity index (χ1n) is 5.84. The molecule has 8 nitrogen and oxygen atoms in total. The Morgan fingerprint density at radius 2 is 2.16 bits per heavy atom. The molecule has 1 atom stereocenters. The zero-order valence-electron chi connectivity index (χ0n) is 11.0.